The van der Waals surface area contributed by atoms with Gasteiger partial charge in [0.25, 0.3) is 5.91 Å². The highest BCUT2D eigenvalue weighted by atomic mass is 32.2. The molecule has 1 heterocycles. The van der Waals surface area contributed by atoms with E-state index in [4.69, 9.17) is 0 Å². The molecular formula is C17H19NO3S. The average Bonchev–Trinajstić information content (AvgIpc) is 2.67. The van der Waals surface area contributed by atoms with Crippen molar-refractivity contribution in [1.29, 1.82) is 0 Å². The van der Waals surface area contributed by atoms with Gasteiger partial charge in [-0.05, 0) is 23.4 Å². The molecule has 0 aliphatic carbocycles. The van der Waals surface area contributed by atoms with E-state index in [-0.39, 0.29) is 17.6 Å². The van der Waals surface area contributed by atoms with Crippen molar-refractivity contribution in [2.24, 2.45) is 5.92 Å². The van der Waals surface area contributed by atoms with Crippen molar-refractivity contribution in [2.45, 2.75) is 6.92 Å². The first-order chi connectivity index (χ1) is 10.5. The number of phenolic OH excluding ortho intramolecular Hbond substituents is 1. The summed E-state index contributed by atoms with van der Waals surface area (Å²) >= 11 is 0. The number of benzene rings is 2. The number of hydrogen-bond acceptors (Lipinski definition) is 3. The van der Waals surface area contributed by atoms with Gasteiger partial charge >= 0.3 is 0 Å². The van der Waals surface area contributed by atoms with Gasteiger partial charge in [0.2, 0.25) is 0 Å². The molecule has 2 atom stereocenters. The fourth-order valence-electron chi connectivity index (χ4n) is 2.91. The number of hydrogen-bond donors (Lipinski definition) is 1. The van der Waals surface area contributed by atoms with Crippen LogP contribution in [0.3, 0.4) is 0 Å². The van der Waals surface area contributed by atoms with Crippen LogP contribution in [0.2, 0.25) is 0 Å². The summed E-state index contributed by atoms with van der Waals surface area (Å²) in [6, 6.07) is 10.8. The number of aromatic hydroxyl groups is 1. The van der Waals surface area contributed by atoms with Crippen molar-refractivity contribution in [1.82, 2.24) is 4.90 Å². The molecule has 0 spiro atoms. The monoisotopic (exact) mass is 317 g/mol. The zero-order valence-electron chi connectivity index (χ0n) is 12.5. The first-order valence-corrected chi connectivity index (χ1v) is 8.89. The minimum Gasteiger partial charge on any atom is -0.507 e. The molecule has 1 amide bonds. The maximum atomic E-state index is 12.7. The number of phenols is 1. The minimum atomic E-state index is -0.851. The van der Waals surface area contributed by atoms with Gasteiger partial charge < -0.3 is 10.0 Å². The SMILES string of the molecule is C[C@@H]1CN(C(=O)c2cc(O)c3ccccc3c2)CC[S@@](=O)C1. The topological polar surface area (TPSA) is 57.6 Å². The Morgan fingerprint density at radius 2 is 2.09 bits per heavy atom. The van der Waals surface area contributed by atoms with Crippen LogP contribution in [0, 0.1) is 5.92 Å². The largest absolute Gasteiger partial charge is 0.507 e. The molecule has 1 saturated heterocycles. The molecule has 1 aliphatic heterocycles. The summed E-state index contributed by atoms with van der Waals surface area (Å²) in [7, 11) is -0.851. The normalized spacial score (nSPS) is 22.5. The van der Waals surface area contributed by atoms with E-state index in [0.717, 1.165) is 10.8 Å². The van der Waals surface area contributed by atoms with Crippen molar-refractivity contribution in [2.75, 3.05) is 24.6 Å². The lowest BCUT2D eigenvalue weighted by molar-refractivity contribution is 0.0751. The van der Waals surface area contributed by atoms with Crippen LogP contribution in [-0.4, -0.2) is 44.7 Å². The molecule has 4 nitrogen and oxygen atoms in total. The van der Waals surface area contributed by atoms with Gasteiger partial charge in [0, 0.05) is 46.3 Å². The second kappa shape index (κ2) is 6.08. The Labute approximate surface area is 132 Å². The average molecular weight is 317 g/mol. The van der Waals surface area contributed by atoms with E-state index < -0.39 is 10.8 Å². The van der Waals surface area contributed by atoms with Crippen LogP contribution >= 0.6 is 0 Å². The van der Waals surface area contributed by atoms with Crippen molar-refractivity contribution >= 4 is 27.5 Å². The Hall–Kier alpha value is -1.88. The summed E-state index contributed by atoms with van der Waals surface area (Å²) in [5, 5.41) is 11.7. The highest BCUT2D eigenvalue weighted by Gasteiger charge is 2.24. The summed E-state index contributed by atoms with van der Waals surface area (Å²) < 4.78 is 11.8. The number of nitrogens with zero attached hydrogens (tertiary/aromatic N) is 1. The molecule has 2 aromatic carbocycles. The Balaban J connectivity index is 1.93. The Bertz CT molecular complexity index is 744. The lowest BCUT2D eigenvalue weighted by Crippen LogP contribution is -2.35. The Morgan fingerprint density at radius 3 is 2.91 bits per heavy atom. The van der Waals surface area contributed by atoms with E-state index in [0.29, 0.717) is 30.2 Å². The first-order valence-electron chi connectivity index (χ1n) is 7.40. The molecular weight excluding hydrogens is 298 g/mol. The number of fused-ring (bicyclic) bond motifs is 1. The van der Waals surface area contributed by atoms with E-state index >= 15 is 0 Å². The second-order valence-corrected chi connectivity index (χ2v) is 7.50. The van der Waals surface area contributed by atoms with Gasteiger partial charge in [-0.25, -0.2) is 0 Å². The van der Waals surface area contributed by atoms with Crippen LogP contribution < -0.4 is 0 Å². The third-order valence-electron chi connectivity index (χ3n) is 3.97. The molecule has 3 rings (SSSR count). The standard InChI is InChI=1S/C17H19NO3S/c1-12-10-18(6-7-22(21)11-12)17(20)14-8-13-4-2-3-5-15(13)16(19)9-14/h2-5,8-9,12,19H,6-7,10-11H2,1H3/t12-,22-/m1/s1. The predicted molar refractivity (Wildman–Crippen MR) is 88.6 cm³/mol. The summed E-state index contributed by atoms with van der Waals surface area (Å²) in [5.74, 6) is 1.41. The van der Waals surface area contributed by atoms with Crippen LogP contribution in [-0.2, 0) is 10.8 Å². The van der Waals surface area contributed by atoms with E-state index in [1.807, 2.05) is 37.3 Å². The highest BCUT2D eigenvalue weighted by Crippen LogP contribution is 2.27. The van der Waals surface area contributed by atoms with Gasteiger partial charge in [-0.2, -0.15) is 0 Å². The highest BCUT2D eigenvalue weighted by molar-refractivity contribution is 7.85. The number of carbonyl (C=O) groups is 1. The van der Waals surface area contributed by atoms with E-state index in [2.05, 4.69) is 0 Å². The van der Waals surface area contributed by atoms with Gasteiger partial charge in [-0.1, -0.05) is 31.2 Å². The van der Waals surface area contributed by atoms with Crippen LogP contribution in [0.5, 0.6) is 5.75 Å². The van der Waals surface area contributed by atoms with Gasteiger partial charge in [-0.3, -0.25) is 9.00 Å². The molecule has 0 bridgehead atoms. The number of amides is 1. The lowest BCUT2D eigenvalue weighted by atomic mass is 10.0. The third-order valence-corrected chi connectivity index (χ3v) is 5.54. The van der Waals surface area contributed by atoms with Crippen molar-refractivity contribution < 1.29 is 14.1 Å². The zero-order valence-corrected chi connectivity index (χ0v) is 13.3. The summed E-state index contributed by atoms with van der Waals surface area (Å²) in [5.41, 5.74) is 0.482. The molecule has 116 valence electrons. The summed E-state index contributed by atoms with van der Waals surface area (Å²) in [6.45, 7) is 3.13. The fourth-order valence-corrected chi connectivity index (χ4v) is 4.24. The number of rotatable bonds is 1. The van der Waals surface area contributed by atoms with Crippen LogP contribution in [0.15, 0.2) is 36.4 Å². The summed E-state index contributed by atoms with van der Waals surface area (Å²) in [4.78, 5) is 14.5. The molecule has 1 fully saturated rings. The molecule has 1 N–H and O–H groups in total. The second-order valence-electron chi connectivity index (χ2n) is 5.88. The predicted octanol–water partition coefficient (Wildman–Crippen LogP) is 2.39. The van der Waals surface area contributed by atoms with E-state index in [1.165, 1.54) is 6.07 Å². The molecule has 0 saturated carbocycles. The number of carbonyl (C=O) groups excluding carboxylic acids is 1. The molecule has 0 aromatic heterocycles. The van der Waals surface area contributed by atoms with Crippen molar-refractivity contribution in [3.05, 3.63) is 42.0 Å². The van der Waals surface area contributed by atoms with Crippen LogP contribution in [0.4, 0.5) is 0 Å². The smallest absolute Gasteiger partial charge is 0.254 e. The van der Waals surface area contributed by atoms with Crippen LogP contribution in [0.1, 0.15) is 17.3 Å². The Kier molecular flexibility index (Phi) is 4.16. The van der Waals surface area contributed by atoms with Gasteiger partial charge in [0.1, 0.15) is 5.75 Å². The lowest BCUT2D eigenvalue weighted by Gasteiger charge is -2.22. The molecule has 0 radical (unpaired) electrons. The maximum absolute atomic E-state index is 12.7. The minimum absolute atomic E-state index is 0.105. The van der Waals surface area contributed by atoms with Crippen LogP contribution in [0.25, 0.3) is 10.8 Å². The molecule has 5 heteroatoms. The van der Waals surface area contributed by atoms with Gasteiger partial charge in [0.05, 0.1) is 0 Å². The molecule has 22 heavy (non-hydrogen) atoms. The fraction of sp³-hybridized carbons (Fsp3) is 0.353. The molecule has 0 unspecified atom stereocenters. The zero-order chi connectivity index (χ0) is 15.7. The first kappa shape index (κ1) is 15.0. The van der Waals surface area contributed by atoms with Gasteiger partial charge in [-0.15, -0.1) is 0 Å². The van der Waals surface area contributed by atoms with Gasteiger partial charge in [0.15, 0.2) is 0 Å². The molecule has 2 aromatic rings. The van der Waals surface area contributed by atoms with E-state index in [9.17, 15) is 14.1 Å². The molecule has 1 aliphatic rings. The van der Waals surface area contributed by atoms with Crippen molar-refractivity contribution in [3.63, 3.8) is 0 Å². The van der Waals surface area contributed by atoms with Crippen molar-refractivity contribution in [3.8, 4) is 5.75 Å². The third kappa shape index (κ3) is 2.99. The maximum Gasteiger partial charge on any atom is 0.254 e. The summed E-state index contributed by atoms with van der Waals surface area (Å²) in [6.07, 6.45) is 0. The van der Waals surface area contributed by atoms with E-state index in [1.54, 1.807) is 4.90 Å². The quantitative estimate of drug-likeness (QED) is 0.878. The Morgan fingerprint density at radius 1 is 1.32 bits per heavy atom.